The van der Waals surface area contributed by atoms with Gasteiger partial charge in [-0.2, -0.15) is 0 Å². The van der Waals surface area contributed by atoms with E-state index in [1.807, 2.05) is 4.57 Å². The minimum atomic E-state index is -0.00965. The number of aromatic nitrogens is 1. The van der Waals surface area contributed by atoms with Crippen LogP contribution in [0.2, 0.25) is 0 Å². The summed E-state index contributed by atoms with van der Waals surface area (Å²) >= 11 is 0. The quantitative estimate of drug-likeness (QED) is 0.728. The normalized spacial score (nSPS) is 12.8. The smallest absolute Gasteiger partial charge is 0.166 e. The van der Waals surface area contributed by atoms with E-state index in [9.17, 15) is 4.79 Å². The van der Waals surface area contributed by atoms with Crippen LogP contribution in [0.5, 0.6) is 0 Å². The van der Waals surface area contributed by atoms with Gasteiger partial charge in [-0.1, -0.05) is 20.3 Å². The number of nitrogens with zero attached hydrogens (tertiary/aromatic N) is 1. The summed E-state index contributed by atoms with van der Waals surface area (Å²) in [4.78, 5) is 10.7. The summed E-state index contributed by atoms with van der Waals surface area (Å²) in [5.74, 6) is 0.520. The van der Waals surface area contributed by atoms with Crippen LogP contribution in [0.1, 0.15) is 36.5 Å². The Morgan fingerprint density at radius 2 is 2.29 bits per heavy atom. The van der Waals surface area contributed by atoms with Gasteiger partial charge in [0.15, 0.2) is 6.29 Å². The molecule has 1 aromatic heterocycles. The van der Waals surface area contributed by atoms with Crippen molar-refractivity contribution in [3.63, 3.8) is 0 Å². The Hall–Kier alpha value is -1.09. The molecule has 0 aromatic carbocycles. The van der Waals surface area contributed by atoms with E-state index in [2.05, 4.69) is 13.8 Å². The van der Waals surface area contributed by atoms with E-state index in [0.717, 1.165) is 24.9 Å². The predicted octanol–water partition coefficient (Wildman–Crippen LogP) is 1.84. The number of hydrogen-bond donors (Lipinski definition) is 1. The summed E-state index contributed by atoms with van der Waals surface area (Å²) < 4.78 is 1.89. The molecule has 0 aliphatic carbocycles. The van der Waals surface area contributed by atoms with Crippen molar-refractivity contribution in [2.24, 2.45) is 5.92 Å². The molecular formula is C11H17NO2. The standard InChI is InChI=1S/C11H17NO2/c1-3-9(2)6-12-10(7-13)4-5-11(12)8-14/h4-5,7,9,14H,3,6,8H2,1-2H3/t9-/m0/s1. The van der Waals surface area contributed by atoms with Crippen LogP contribution in [0.25, 0.3) is 0 Å². The lowest BCUT2D eigenvalue weighted by atomic mass is 10.1. The maximum absolute atomic E-state index is 10.7. The van der Waals surface area contributed by atoms with Crippen molar-refractivity contribution < 1.29 is 9.90 Å². The summed E-state index contributed by atoms with van der Waals surface area (Å²) in [6.07, 6.45) is 1.91. The summed E-state index contributed by atoms with van der Waals surface area (Å²) in [6, 6.07) is 3.55. The van der Waals surface area contributed by atoms with Crippen molar-refractivity contribution in [3.05, 3.63) is 23.5 Å². The van der Waals surface area contributed by atoms with Gasteiger partial charge >= 0.3 is 0 Å². The van der Waals surface area contributed by atoms with Crippen LogP contribution in [0.3, 0.4) is 0 Å². The Bertz CT molecular complexity index is 304. The molecule has 0 bridgehead atoms. The predicted molar refractivity (Wildman–Crippen MR) is 55.2 cm³/mol. The molecule has 0 aliphatic heterocycles. The third kappa shape index (κ3) is 2.23. The lowest BCUT2D eigenvalue weighted by molar-refractivity contribution is 0.111. The van der Waals surface area contributed by atoms with E-state index < -0.39 is 0 Å². The molecule has 1 heterocycles. The van der Waals surface area contributed by atoms with Crippen molar-refractivity contribution in [1.82, 2.24) is 4.57 Å². The first kappa shape index (κ1) is 11.0. The maximum atomic E-state index is 10.7. The summed E-state index contributed by atoms with van der Waals surface area (Å²) in [6.45, 7) is 5.04. The minimum Gasteiger partial charge on any atom is -0.390 e. The average Bonchev–Trinajstić information content (AvgIpc) is 2.60. The Labute approximate surface area is 84.4 Å². The molecule has 1 aromatic rings. The lowest BCUT2D eigenvalue weighted by Crippen LogP contribution is -2.12. The van der Waals surface area contributed by atoms with Gasteiger partial charge in [0, 0.05) is 12.2 Å². The van der Waals surface area contributed by atoms with Gasteiger partial charge in [0.2, 0.25) is 0 Å². The van der Waals surface area contributed by atoms with Gasteiger partial charge in [-0.25, -0.2) is 0 Å². The second kappa shape index (κ2) is 4.96. The number of carbonyl (C=O) groups excluding carboxylic acids is 1. The zero-order chi connectivity index (χ0) is 10.6. The number of hydrogen-bond acceptors (Lipinski definition) is 2. The molecule has 78 valence electrons. The van der Waals surface area contributed by atoms with Crippen LogP contribution in [0, 0.1) is 5.92 Å². The van der Waals surface area contributed by atoms with Crippen LogP contribution in [-0.2, 0) is 13.2 Å². The number of carbonyl (C=O) groups is 1. The Morgan fingerprint density at radius 3 is 2.79 bits per heavy atom. The van der Waals surface area contributed by atoms with E-state index in [0.29, 0.717) is 11.6 Å². The first-order chi connectivity index (χ1) is 6.72. The second-order valence-corrected chi connectivity index (χ2v) is 3.65. The SMILES string of the molecule is CC[C@H](C)Cn1c(C=O)ccc1CO. The van der Waals surface area contributed by atoms with Crippen LogP contribution in [0.4, 0.5) is 0 Å². The topological polar surface area (TPSA) is 42.2 Å². The fourth-order valence-corrected chi connectivity index (χ4v) is 1.43. The van der Waals surface area contributed by atoms with Gasteiger partial charge in [-0.3, -0.25) is 4.79 Å². The largest absolute Gasteiger partial charge is 0.390 e. The van der Waals surface area contributed by atoms with Crippen LogP contribution in [0.15, 0.2) is 12.1 Å². The highest BCUT2D eigenvalue weighted by molar-refractivity contribution is 5.72. The third-order valence-corrected chi connectivity index (χ3v) is 2.58. The summed E-state index contributed by atoms with van der Waals surface area (Å²) in [7, 11) is 0. The molecule has 0 aliphatic rings. The van der Waals surface area contributed by atoms with Crippen LogP contribution >= 0.6 is 0 Å². The van der Waals surface area contributed by atoms with E-state index in [4.69, 9.17) is 5.11 Å². The summed E-state index contributed by atoms with van der Waals surface area (Å²) in [5, 5.41) is 9.08. The second-order valence-electron chi connectivity index (χ2n) is 3.65. The highest BCUT2D eigenvalue weighted by atomic mass is 16.3. The number of aliphatic hydroxyl groups is 1. The van der Waals surface area contributed by atoms with Crippen molar-refractivity contribution in [1.29, 1.82) is 0 Å². The molecule has 1 atom stereocenters. The first-order valence-corrected chi connectivity index (χ1v) is 4.97. The average molecular weight is 195 g/mol. The van der Waals surface area contributed by atoms with Crippen molar-refractivity contribution >= 4 is 6.29 Å². The molecular weight excluding hydrogens is 178 g/mol. The Kier molecular flexibility index (Phi) is 3.89. The van der Waals surface area contributed by atoms with Gasteiger partial charge in [-0.05, 0) is 18.1 Å². The zero-order valence-corrected chi connectivity index (χ0v) is 8.73. The molecule has 3 nitrogen and oxygen atoms in total. The monoisotopic (exact) mass is 195 g/mol. The van der Waals surface area contributed by atoms with Gasteiger partial charge in [-0.15, -0.1) is 0 Å². The van der Waals surface area contributed by atoms with Crippen molar-refractivity contribution in [3.8, 4) is 0 Å². The molecule has 0 radical (unpaired) electrons. The fourth-order valence-electron chi connectivity index (χ4n) is 1.43. The molecule has 14 heavy (non-hydrogen) atoms. The Balaban J connectivity index is 2.90. The number of aliphatic hydroxyl groups excluding tert-OH is 1. The van der Waals surface area contributed by atoms with Crippen LogP contribution in [-0.4, -0.2) is 16.0 Å². The molecule has 0 fully saturated rings. The molecule has 1 N–H and O–H groups in total. The highest BCUT2D eigenvalue weighted by Gasteiger charge is 2.09. The van der Waals surface area contributed by atoms with E-state index in [1.54, 1.807) is 12.1 Å². The summed E-state index contributed by atoms with van der Waals surface area (Å²) in [5.41, 5.74) is 1.46. The van der Waals surface area contributed by atoms with E-state index in [-0.39, 0.29) is 6.61 Å². The van der Waals surface area contributed by atoms with E-state index in [1.165, 1.54) is 0 Å². The zero-order valence-electron chi connectivity index (χ0n) is 8.73. The minimum absolute atomic E-state index is 0.00965. The Morgan fingerprint density at radius 1 is 1.57 bits per heavy atom. The van der Waals surface area contributed by atoms with E-state index >= 15 is 0 Å². The van der Waals surface area contributed by atoms with Crippen molar-refractivity contribution in [2.45, 2.75) is 33.4 Å². The number of rotatable bonds is 5. The number of aldehydes is 1. The van der Waals surface area contributed by atoms with Gasteiger partial charge in [0.05, 0.1) is 12.3 Å². The van der Waals surface area contributed by atoms with Gasteiger partial charge < -0.3 is 9.67 Å². The third-order valence-electron chi connectivity index (χ3n) is 2.58. The lowest BCUT2D eigenvalue weighted by Gasteiger charge is -2.14. The van der Waals surface area contributed by atoms with Crippen LogP contribution < -0.4 is 0 Å². The maximum Gasteiger partial charge on any atom is 0.166 e. The molecule has 1 rings (SSSR count). The molecule has 0 saturated heterocycles. The fraction of sp³-hybridized carbons (Fsp3) is 0.545. The molecule has 0 amide bonds. The van der Waals surface area contributed by atoms with Gasteiger partial charge in [0.1, 0.15) is 0 Å². The van der Waals surface area contributed by atoms with Gasteiger partial charge in [0.25, 0.3) is 0 Å². The first-order valence-electron chi connectivity index (χ1n) is 4.97. The molecule has 0 spiro atoms. The molecule has 0 unspecified atom stereocenters. The molecule has 0 saturated carbocycles. The van der Waals surface area contributed by atoms with Crippen molar-refractivity contribution in [2.75, 3.05) is 0 Å². The highest BCUT2D eigenvalue weighted by Crippen LogP contribution is 2.12. The molecule has 3 heteroatoms.